The third-order valence-corrected chi connectivity index (χ3v) is 6.79. The normalized spacial score (nSPS) is 15.7. The largest absolute Gasteiger partial charge is 0.497 e. The molecule has 2 heterocycles. The van der Waals surface area contributed by atoms with E-state index in [1.54, 1.807) is 39.9 Å². The molecule has 0 spiro atoms. The number of amides is 3. The van der Waals surface area contributed by atoms with Crippen LogP contribution in [-0.4, -0.2) is 94.7 Å². The van der Waals surface area contributed by atoms with E-state index >= 15 is 0 Å². The van der Waals surface area contributed by atoms with Gasteiger partial charge in [-0.3, -0.25) is 14.4 Å². The lowest BCUT2D eigenvalue weighted by Gasteiger charge is -2.26. The van der Waals surface area contributed by atoms with Crippen molar-refractivity contribution in [2.75, 3.05) is 46.4 Å². The molecular weight excluding hydrogens is 498 g/mol. The Bertz CT molecular complexity index is 1240. The monoisotopic (exact) mass is 533 g/mol. The SMILES string of the molecule is CCN(CC)C(=O)CO[C@@H]1CN(Cc2ccc(OC)cc2)C(=O)CN(C(=O)c2ccc(-n3cccn3)cc2)C1. The minimum absolute atomic E-state index is 0.0836. The summed E-state index contributed by atoms with van der Waals surface area (Å²) in [5, 5.41) is 4.21. The van der Waals surface area contributed by atoms with Gasteiger partial charge in [0.25, 0.3) is 5.91 Å². The molecule has 1 aliphatic heterocycles. The van der Waals surface area contributed by atoms with Crippen LogP contribution in [0.2, 0.25) is 0 Å². The van der Waals surface area contributed by atoms with Crippen LogP contribution in [-0.2, 0) is 20.9 Å². The van der Waals surface area contributed by atoms with E-state index in [0.29, 0.717) is 25.2 Å². The molecule has 0 bridgehead atoms. The number of carbonyl (C=O) groups is 3. The maximum absolute atomic E-state index is 13.5. The average Bonchev–Trinajstić information content (AvgIpc) is 3.46. The molecule has 10 nitrogen and oxygen atoms in total. The van der Waals surface area contributed by atoms with Gasteiger partial charge in [-0.15, -0.1) is 0 Å². The Morgan fingerprint density at radius 3 is 2.36 bits per heavy atom. The predicted molar refractivity (Wildman–Crippen MR) is 146 cm³/mol. The van der Waals surface area contributed by atoms with Crippen LogP contribution in [0.15, 0.2) is 67.0 Å². The highest BCUT2D eigenvalue weighted by molar-refractivity contribution is 5.97. The molecule has 1 aliphatic rings. The minimum atomic E-state index is -0.526. The molecule has 10 heteroatoms. The number of nitrogens with zero attached hydrogens (tertiary/aromatic N) is 5. The zero-order chi connectivity index (χ0) is 27.8. The molecule has 0 radical (unpaired) electrons. The first-order valence-electron chi connectivity index (χ1n) is 13.1. The Balaban J connectivity index is 1.52. The smallest absolute Gasteiger partial charge is 0.254 e. The van der Waals surface area contributed by atoms with E-state index in [4.69, 9.17) is 9.47 Å². The number of benzene rings is 2. The Morgan fingerprint density at radius 1 is 1.03 bits per heavy atom. The summed E-state index contributed by atoms with van der Waals surface area (Å²) in [4.78, 5) is 44.4. The van der Waals surface area contributed by atoms with E-state index in [1.165, 1.54) is 4.90 Å². The van der Waals surface area contributed by atoms with Crippen molar-refractivity contribution >= 4 is 17.7 Å². The second kappa shape index (κ2) is 13.1. The van der Waals surface area contributed by atoms with Gasteiger partial charge in [-0.1, -0.05) is 12.1 Å². The molecule has 0 saturated carbocycles. The van der Waals surface area contributed by atoms with Gasteiger partial charge in [0.05, 0.1) is 18.9 Å². The lowest BCUT2D eigenvalue weighted by Crippen LogP contribution is -2.41. The fourth-order valence-electron chi connectivity index (χ4n) is 4.56. The molecule has 0 aliphatic carbocycles. The van der Waals surface area contributed by atoms with E-state index in [0.717, 1.165) is 17.0 Å². The molecule has 39 heavy (non-hydrogen) atoms. The molecule has 0 N–H and O–H groups in total. The third-order valence-electron chi connectivity index (χ3n) is 6.79. The van der Waals surface area contributed by atoms with Crippen molar-refractivity contribution in [2.45, 2.75) is 26.5 Å². The first-order chi connectivity index (χ1) is 18.9. The summed E-state index contributed by atoms with van der Waals surface area (Å²) in [6.07, 6.45) is 2.98. The Hall–Kier alpha value is -4.18. The number of methoxy groups -OCH3 is 1. The topological polar surface area (TPSA) is 97.2 Å². The fourth-order valence-corrected chi connectivity index (χ4v) is 4.56. The fraction of sp³-hybridized carbons (Fsp3) is 0.379. The molecule has 206 valence electrons. The Morgan fingerprint density at radius 2 is 1.74 bits per heavy atom. The highest BCUT2D eigenvalue weighted by Crippen LogP contribution is 2.18. The maximum Gasteiger partial charge on any atom is 0.254 e. The standard InChI is InChI=1S/C29H35N5O5/c1-4-31(5-2)28(36)21-39-26-18-32(17-22-7-13-25(38-3)14-8-22)27(35)20-33(19-26)29(37)23-9-11-24(12-10-23)34-16-6-15-30-34/h6-16,26H,4-5,17-21H2,1-3H3/t26-/m1/s1. The molecular formula is C29H35N5O5. The van der Waals surface area contributed by atoms with Crippen LogP contribution < -0.4 is 4.74 Å². The van der Waals surface area contributed by atoms with Gasteiger partial charge in [-0.25, -0.2) is 4.68 Å². The number of ether oxygens (including phenoxy) is 2. The van der Waals surface area contributed by atoms with Gasteiger partial charge in [0.15, 0.2) is 0 Å². The van der Waals surface area contributed by atoms with Crippen LogP contribution in [0.5, 0.6) is 5.75 Å². The second-order valence-corrected chi connectivity index (χ2v) is 9.30. The van der Waals surface area contributed by atoms with E-state index in [-0.39, 0.29) is 44.0 Å². The van der Waals surface area contributed by atoms with E-state index in [1.807, 2.05) is 62.5 Å². The summed E-state index contributed by atoms with van der Waals surface area (Å²) in [6, 6.07) is 16.4. The highest BCUT2D eigenvalue weighted by Gasteiger charge is 2.32. The van der Waals surface area contributed by atoms with Gasteiger partial charge in [0.1, 0.15) is 18.9 Å². The van der Waals surface area contributed by atoms with E-state index in [2.05, 4.69) is 5.10 Å². The van der Waals surface area contributed by atoms with Crippen LogP contribution >= 0.6 is 0 Å². The second-order valence-electron chi connectivity index (χ2n) is 9.30. The first kappa shape index (κ1) is 27.8. The van der Waals surface area contributed by atoms with Crippen molar-refractivity contribution in [1.29, 1.82) is 0 Å². The van der Waals surface area contributed by atoms with Crippen LogP contribution in [0.1, 0.15) is 29.8 Å². The number of hydrogen-bond acceptors (Lipinski definition) is 6. The quantitative estimate of drug-likeness (QED) is 0.398. The predicted octanol–water partition coefficient (Wildman–Crippen LogP) is 2.62. The number of likely N-dealkylation sites (N-methyl/N-ethyl adjacent to an activating group) is 1. The summed E-state index contributed by atoms with van der Waals surface area (Å²) < 4.78 is 13.0. The van der Waals surface area contributed by atoms with E-state index in [9.17, 15) is 14.4 Å². The molecule has 1 saturated heterocycles. The molecule has 3 amide bonds. The van der Waals surface area contributed by atoms with Gasteiger partial charge >= 0.3 is 0 Å². The lowest BCUT2D eigenvalue weighted by atomic mass is 10.1. The van der Waals surface area contributed by atoms with Crippen LogP contribution in [0.25, 0.3) is 5.69 Å². The summed E-state index contributed by atoms with van der Waals surface area (Å²) >= 11 is 0. The molecule has 2 aromatic carbocycles. The summed E-state index contributed by atoms with van der Waals surface area (Å²) in [5.74, 6) is 0.149. The van der Waals surface area contributed by atoms with Crippen LogP contribution in [0.4, 0.5) is 0 Å². The van der Waals surface area contributed by atoms with Crippen molar-refractivity contribution < 1.29 is 23.9 Å². The highest BCUT2D eigenvalue weighted by atomic mass is 16.5. The van der Waals surface area contributed by atoms with Crippen molar-refractivity contribution in [2.24, 2.45) is 0 Å². The summed E-state index contributed by atoms with van der Waals surface area (Å²) in [6.45, 7) is 5.62. The maximum atomic E-state index is 13.5. The molecule has 0 unspecified atom stereocenters. The van der Waals surface area contributed by atoms with Crippen molar-refractivity contribution in [3.05, 3.63) is 78.1 Å². The van der Waals surface area contributed by atoms with E-state index < -0.39 is 6.10 Å². The minimum Gasteiger partial charge on any atom is -0.497 e. The van der Waals surface area contributed by atoms with Crippen molar-refractivity contribution in [3.63, 3.8) is 0 Å². The summed E-state index contributed by atoms with van der Waals surface area (Å²) in [5.41, 5.74) is 2.21. The number of aromatic nitrogens is 2. The van der Waals surface area contributed by atoms with Gasteiger partial charge in [-0.05, 0) is 61.9 Å². The van der Waals surface area contributed by atoms with Gasteiger partial charge in [0.2, 0.25) is 11.8 Å². The molecule has 4 rings (SSSR count). The van der Waals surface area contributed by atoms with Gasteiger partial charge in [-0.2, -0.15) is 5.10 Å². The average molecular weight is 534 g/mol. The zero-order valence-electron chi connectivity index (χ0n) is 22.7. The van der Waals surface area contributed by atoms with Crippen LogP contribution in [0.3, 0.4) is 0 Å². The van der Waals surface area contributed by atoms with Gasteiger partial charge < -0.3 is 24.2 Å². The first-order valence-corrected chi connectivity index (χ1v) is 13.1. The van der Waals surface area contributed by atoms with Gasteiger partial charge in [0, 0.05) is 50.7 Å². The van der Waals surface area contributed by atoms with Crippen LogP contribution in [0, 0.1) is 0 Å². The van der Waals surface area contributed by atoms with Crippen molar-refractivity contribution in [3.8, 4) is 11.4 Å². The zero-order valence-corrected chi connectivity index (χ0v) is 22.7. The number of carbonyl (C=O) groups excluding carboxylic acids is 3. The molecule has 1 fully saturated rings. The lowest BCUT2D eigenvalue weighted by molar-refractivity contribution is -0.138. The molecule has 1 aromatic heterocycles. The number of hydrogen-bond donors (Lipinski definition) is 0. The Labute approximate surface area is 228 Å². The molecule has 3 aromatic rings. The third kappa shape index (κ3) is 7.02. The number of rotatable bonds is 10. The molecule has 1 atom stereocenters. The summed E-state index contributed by atoms with van der Waals surface area (Å²) in [7, 11) is 1.60. The Kier molecular flexibility index (Phi) is 9.32. The van der Waals surface area contributed by atoms with Crippen molar-refractivity contribution in [1.82, 2.24) is 24.5 Å².